The summed E-state index contributed by atoms with van der Waals surface area (Å²) in [5.41, 5.74) is 1.73. The highest BCUT2D eigenvalue weighted by molar-refractivity contribution is 5.84. The van der Waals surface area contributed by atoms with E-state index in [1.807, 2.05) is 0 Å². The van der Waals surface area contributed by atoms with E-state index in [0.717, 1.165) is 6.29 Å². The molecule has 3 nitrogen and oxygen atoms in total. The quantitative estimate of drug-likeness (QED) is 0.617. The van der Waals surface area contributed by atoms with E-state index in [1.54, 1.807) is 6.92 Å². The zero-order chi connectivity index (χ0) is 7.56. The molecule has 1 aromatic heterocycles. The maximum atomic E-state index is 10.2. The largest absolute Gasteiger partial charge is 0.358 e. The Balaban J connectivity index is 3.20. The lowest BCUT2D eigenvalue weighted by molar-refractivity contribution is 0.111. The molecule has 52 valence electrons. The number of H-pyrrole nitrogens is 1. The first kappa shape index (κ1) is 6.74. The van der Waals surface area contributed by atoms with Crippen molar-refractivity contribution in [3.05, 3.63) is 23.0 Å². The number of hydrogen-bond acceptors (Lipinski definition) is 2. The third kappa shape index (κ3) is 0.857. The molecular weight excluding hydrogens is 130 g/mol. The van der Waals surface area contributed by atoms with Gasteiger partial charge in [0, 0.05) is 11.8 Å². The van der Waals surface area contributed by atoms with Crippen molar-refractivity contribution < 1.29 is 9.59 Å². The fourth-order valence-corrected chi connectivity index (χ4v) is 0.772. The van der Waals surface area contributed by atoms with Gasteiger partial charge in [-0.2, -0.15) is 0 Å². The molecule has 0 fully saturated rings. The van der Waals surface area contributed by atoms with Crippen LogP contribution < -0.4 is 0 Å². The molecule has 0 aliphatic heterocycles. The molecule has 0 spiro atoms. The number of aromatic amines is 1. The van der Waals surface area contributed by atoms with E-state index in [0.29, 0.717) is 23.1 Å². The minimum Gasteiger partial charge on any atom is -0.358 e. The average molecular weight is 137 g/mol. The zero-order valence-corrected chi connectivity index (χ0v) is 5.55. The molecule has 0 amide bonds. The van der Waals surface area contributed by atoms with Crippen LogP contribution in [0.15, 0.2) is 6.20 Å². The summed E-state index contributed by atoms with van der Waals surface area (Å²) in [6.45, 7) is 1.73. The Hall–Kier alpha value is -1.38. The SMILES string of the molecule is Cc1c(C=O)c[nH]c1C=O. The van der Waals surface area contributed by atoms with Crippen LogP contribution in [0, 0.1) is 6.92 Å². The molecule has 0 bridgehead atoms. The number of aldehydes is 2. The molecule has 3 heteroatoms. The third-order valence-corrected chi connectivity index (χ3v) is 1.47. The van der Waals surface area contributed by atoms with Gasteiger partial charge < -0.3 is 4.98 Å². The number of hydrogen-bond donors (Lipinski definition) is 1. The van der Waals surface area contributed by atoms with Gasteiger partial charge in [-0.15, -0.1) is 0 Å². The second-order valence-electron chi connectivity index (χ2n) is 2.02. The second kappa shape index (κ2) is 2.47. The van der Waals surface area contributed by atoms with Gasteiger partial charge in [-0.1, -0.05) is 0 Å². The predicted octanol–water partition coefficient (Wildman–Crippen LogP) is 0.948. The molecule has 0 aliphatic rings. The van der Waals surface area contributed by atoms with Gasteiger partial charge in [0.15, 0.2) is 12.6 Å². The molecular formula is C7H7NO2. The van der Waals surface area contributed by atoms with Crippen LogP contribution in [0.5, 0.6) is 0 Å². The van der Waals surface area contributed by atoms with Crippen LogP contribution in [-0.4, -0.2) is 17.6 Å². The standard InChI is InChI=1S/C7H7NO2/c1-5-6(3-9)2-8-7(5)4-10/h2-4,8H,1H3. The van der Waals surface area contributed by atoms with Gasteiger partial charge in [-0.05, 0) is 12.5 Å². The Kier molecular flexibility index (Phi) is 1.67. The lowest BCUT2D eigenvalue weighted by atomic mass is 10.2. The van der Waals surface area contributed by atoms with Gasteiger partial charge in [0.25, 0.3) is 0 Å². The highest BCUT2D eigenvalue weighted by atomic mass is 16.1. The highest BCUT2D eigenvalue weighted by Crippen LogP contribution is 2.07. The molecule has 0 aliphatic carbocycles. The fraction of sp³-hybridized carbons (Fsp3) is 0.143. The van der Waals surface area contributed by atoms with Crippen LogP contribution in [0.1, 0.15) is 26.4 Å². The maximum Gasteiger partial charge on any atom is 0.166 e. The maximum absolute atomic E-state index is 10.2. The second-order valence-corrected chi connectivity index (χ2v) is 2.02. The summed E-state index contributed by atoms with van der Waals surface area (Å²) < 4.78 is 0. The van der Waals surface area contributed by atoms with Crippen molar-refractivity contribution >= 4 is 12.6 Å². The Bertz CT molecular complexity index is 237. The lowest BCUT2D eigenvalue weighted by Gasteiger charge is -1.85. The van der Waals surface area contributed by atoms with E-state index in [1.165, 1.54) is 6.20 Å². The number of carbonyl (C=O) groups is 2. The number of carbonyl (C=O) groups excluding carboxylic acids is 2. The number of rotatable bonds is 2. The van der Waals surface area contributed by atoms with Crippen LogP contribution >= 0.6 is 0 Å². The van der Waals surface area contributed by atoms with Crippen molar-refractivity contribution in [2.75, 3.05) is 0 Å². The van der Waals surface area contributed by atoms with Crippen LogP contribution in [0.25, 0.3) is 0 Å². The topological polar surface area (TPSA) is 49.9 Å². The Labute approximate surface area is 58.1 Å². The summed E-state index contributed by atoms with van der Waals surface area (Å²) in [5, 5.41) is 0. The molecule has 0 aromatic carbocycles. The fourth-order valence-electron chi connectivity index (χ4n) is 0.772. The zero-order valence-electron chi connectivity index (χ0n) is 5.55. The normalized spacial score (nSPS) is 9.30. The van der Waals surface area contributed by atoms with Gasteiger partial charge in [0.2, 0.25) is 0 Å². The summed E-state index contributed by atoms with van der Waals surface area (Å²) in [4.78, 5) is 23.1. The number of aromatic nitrogens is 1. The lowest BCUT2D eigenvalue weighted by Crippen LogP contribution is -1.83. The van der Waals surface area contributed by atoms with Gasteiger partial charge in [0.05, 0.1) is 5.69 Å². The van der Waals surface area contributed by atoms with E-state index in [4.69, 9.17) is 0 Å². The minimum atomic E-state index is 0.474. The van der Waals surface area contributed by atoms with Gasteiger partial charge in [-0.3, -0.25) is 9.59 Å². The van der Waals surface area contributed by atoms with Crippen molar-refractivity contribution in [2.45, 2.75) is 6.92 Å². The van der Waals surface area contributed by atoms with Crippen LogP contribution in [-0.2, 0) is 0 Å². The van der Waals surface area contributed by atoms with Gasteiger partial charge >= 0.3 is 0 Å². The molecule has 0 unspecified atom stereocenters. The van der Waals surface area contributed by atoms with Gasteiger partial charge in [-0.25, -0.2) is 0 Å². The van der Waals surface area contributed by atoms with E-state index in [9.17, 15) is 9.59 Å². The van der Waals surface area contributed by atoms with E-state index in [2.05, 4.69) is 4.98 Å². The molecule has 1 N–H and O–H groups in total. The molecule has 1 heterocycles. The summed E-state index contributed by atoms with van der Waals surface area (Å²) in [6.07, 6.45) is 2.94. The predicted molar refractivity (Wildman–Crippen MR) is 36.3 cm³/mol. The van der Waals surface area contributed by atoms with E-state index >= 15 is 0 Å². The monoisotopic (exact) mass is 137 g/mol. The molecule has 0 saturated heterocycles. The van der Waals surface area contributed by atoms with Crippen LogP contribution in [0.4, 0.5) is 0 Å². The summed E-state index contributed by atoms with van der Waals surface area (Å²) in [7, 11) is 0. The average Bonchev–Trinajstić information content (AvgIpc) is 2.30. The Morgan fingerprint density at radius 2 is 2.10 bits per heavy atom. The van der Waals surface area contributed by atoms with E-state index in [-0.39, 0.29) is 0 Å². The summed E-state index contributed by atoms with van der Waals surface area (Å²) in [6, 6.07) is 0. The van der Waals surface area contributed by atoms with Crippen LogP contribution in [0.3, 0.4) is 0 Å². The van der Waals surface area contributed by atoms with Crippen molar-refractivity contribution in [1.82, 2.24) is 4.98 Å². The minimum absolute atomic E-state index is 0.474. The first-order valence-electron chi connectivity index (χ1n) is 2.88. The van der Waals surface area contributed by atoms with Gasteiger partial charge in [0.1, 0.15) is 0 Å². The molecule has 0 radical (unpaired) electrons. The Morgan fingerprint density at radius 3 is 2.40 bits per heavy atom. The van der Waals surface area contributed by atoms with Crippen molar-refractivity contribution in [1.29, 1.82) is 0 Å². The first-order chi connectivity index (χ1) is 4.79. The Morgan fingerprint density at radius 1 is 1.40 bits per heavy atom. The molecule has 0 saturated carbocycles. The molecule has 10 heavy (non-hydrogen) atoms. The summed E-state index contributed by atoms with van der Waals surface area (Å²) in [5.74, 6) is 0. The van der Waals surface area contributed by atoms with Crippen molar-refractivity contribution in [3.8, 4) is 0 Å². The molecule has 0 atom stereocenters. The van der Waals surface area contributed by atoms with Crippen molar-refractivity contribution in [3.63, 3.8) is 0 Å². The molecule has 1 aromatic rings. The first-order valence-corrected chi connectivity index (χ1v) is 2.88. The summed E-state index contributed by atoms with van der Waals surface area (Å²) >= 11 is 0. The number of nitrogens with one attached hydrogen (secondary N) is 1. The van der Waals surface area contributed by atoms with Crippen LogP contribution in [0.2, 0.25) is 0 Å². The smallest absolute Gasteiger partial charge is 0.166 e. The molecule has 1 rings (SSSR count). The highest BCUT2D eigenvalue weighted by Gasteiger charge is 2.02. The van der Waals surface area contributed by atoms with E-state index < -0.39 is 0 Å². The third-order valence-electron chi connectivity index (χ3n) is 1.47. The van der Waals surface area contributed by atoms with Crippen molar-refractivity contribution in [2.24, 2.45) is 0 Å².